The Morgan fingerprint density at radius 2 is 1.86 bits per heavy atom. The Morgan fingerprint density at radius 1 is 1.18 bits per heavy atom. The van der Waals surface area contributed by atoms with Crippen LogP contribution < -0.4 is 10.9 Å². The second kappa shape index (κ2) is 7.55. The molecule has 0 saturated carbocycles. The van der Waals surface area contributed by atoms with Crippen molar-refractivity contribution in [2.24, 2.45) is 14.1 Å². The molecule has 1 atom stereocenters. The summed E-state index contributed by atoms with van der Waals surface area (Å²) in [4.78, 5) is 37.4. The molecule has 0 aliphatic rings. The van der Waals surface area contributed by atoms with E-state index >= 15 is 0 Å². The maximum absolute atomic E-state index is 12.8. The number of amides is 1. The van der Waals surface area contributed by atoms with Gasteiger partial charge in [0, 0.05) is 20.3 Å². The molecule has 0 fully saturated rings. The first-order valence-corrected chi connectivity index (χ1v) is 8.64. The van der Waals surface area contributed by atoms with Crippen molar-refractivity contribution in [1.29, 1.82) is 0 Å². The minimum Gasteiger partial charge on any atom is -0.449 e. The lowest BCUT2D eigenvalue weighted by atomic mass is 10.3. The summed E-state index contributed by atoms with van der Waals surface area (Å²) in [5.74, 6) is -1.26. The predicted octanol–water partition coefficient (Wildman–Crippen LogP) is 1.40. The number of hydrogen-bond acceptors (Lipinski definition) is 5. The minimum atomic E-state index is -1.09. The number of para-hydroxylation sites is 1. The summed E-state index contributed by atoms with van der Waals surface area (Å²) in [6.45, 7) is 3.17. The van der Waals surface area contributed by atoms with E-state index in [0.29, 0.717) is 11.4 Å². The fraction of sp³-hybridized carbons (Fsp3) is 0.263. The number of hydrogen-bond donors (Lipinski definition) is 1. The minimum absolute atomic E-state index is 0.139. The number of ether oxygens (including phenoxy) is 1. The van der Waals surface area contributed by atoms with Gasteiger partial charge >= 0.3 is 5.97 Å². The lowest BCUT2D eigenvalue weighted by Crippen LogP contribution is -2.32. The highest BCUT2D eigenvalue weighted by Crippen LogP contribution is 2.14. The van der Waals surface area contributed by atoms with E-state index in [0.717, 1.165) is 0 Å². The molecule has 0 aliphatic heterocycles. The summed E-state index contributed by atoms with van der Waals surface area (Å²) in [6.07, 6.45) is 1.76. The van der Waals surface area contributed by atoms with E-state index in [2.05, 4.69) is 10.4 Å². The fourth-order valence-electron chi connectivity index (χ4n) is 2.75. The van der Waals surface area contributed by atoms with E-state index in [-0.39, 0.29) is 16.8 Å². The molecule has 1 N–H and O–H groups in total. The topological polar surface area (TPSA) is 100 Å². The Morgan fingerprint density at radius 3 is 2.46 bits per heavy atom. The van der Waals surface area contributed by atoms with Gasteiger partial charge in [0.05, 0.1) is 23.1 Å². The molecule has 9 nitrogen and oxygen atoms in total. The molecular weight excluding hydrogens is 362 g/mol. The van der Waals surface area contributed by atoms with Gasteiger partial charge in [-0.25, -0.2) is 9.48 Å². The Bertz CT molecular complexity index is 1080. The predicted molar refractivity (Wildman–Crippen MR) is 102 cm³/mol. The van der Waals surface area contributed by atoms with Crippen LogP contribution in [-0.2, 0) is 23.6 Å². The summed E-state index contributed by atoms with van der Waals surface area (Å²) in [7, 11) is 3.40. The van der Waals surface area contributed by atoms with Gasteiger partial charge in [0.15, 0.2) is 6.10 Å². The van der Waals surface area contributed by atoms with Crippen LogP contribution in [0.2, 0.25) is 0 Å². The molecule has 0 radical (unpaired) electrons. The van der Waals surface area contributed by atoms with Crippen molar-refractivity contribution in [3.8, 4) is 5.69 Å². The number of aryl methyl sites for hydroxylation is 1. The first-order valence-electron chi connectivity index (χ1n) is 8.64. The molecule has 0 spiro atoms. The van der Waals surface area contributed by atoms with Crippen molar-refractivity contribution in [2.45, 2.75) is 20.0 Å². The average Bonchev–Trinajstić information content (AvgIpc) is 3.20. The third-order valence-corrected chi connectivity index (χ3v) is 4.40. The van der Waals surface area contributed by atoms with Gasteiger partial charge < -0.3 is 10.1 Å². The standard InChI is InChI=1S/C19H21N5O4/c1-12-16(18(26)24(23(12)4)15-8-6-5-7-9-15)21-17(25)13(2)28-19(27)14-10-20-22(3)11-14/h5-11,13H,1-4H3,(H,21,25). The molecular formula is C19H21N5O4. The summed E-state index contributed by atoms with van der Waals surface area (Å²) in [6, 6.07) is 9.09. The van der Waals surface area contributed by atoms with Crippen LogP contribution in [0.4, 0.5) is 5.69 Å². The molecule has 2 heterocycles. The van der Waals surface area contributed by atoms with Gasteiger partial charge in [-0.3, -0.25) is 19.0 Å². The molecule has 3 aromatic rings. The number of rotatable bonds is 5. The van der Waals surface area contributed by atoms with Crippen LogP contribution in [-0.4, -0.2) is 37.1 Å². The number of esters is 1. The lowest BCUT2D eigenvalue weighted by Gasteiger charge is -2.12. The van der Waals surface area contributed by atoms with Gasteiger partial charge in [-0.1, -0.05) is 18.2 Å². The number of nitrogens with one attached hydrogen (secondary N) is 1. The molecule has 2 aromatic heterocycles. The zero-order chi connectivity index (χ0) is 20.4. The molecule has 0 bridgehead atoms. The Labute approximate surface area is 161 Å². The zero-order valence-electron chi connectivity index (χ0n) is 16.0. The van der Waals surface area contributed by atoms with Crippen LogP contribution in [0.3, 0.4) is 0 Å². The highest BCUT2D eigenvalue weighted by molar-refractivity contribution is 5.97. The molecule has 1 unspecified atom stereocenters. The fourth-order valence-corrected chi connectivity index (χ4v) is 2.75. The van der Waals surface area contributed by atoms with Crippen LogP contribution in [0.5, 0.6) is 0 Å². The smallest absolute Gasteiger partial charge is 0.342 e. The van der Waals surface area contributed by atoms with Gasteiger partial charge in [0.25, 0.3) is 11.5 Å². The van der Waals surface area contributed by atoms with Gasteiger partial charge in [-0.15, -0.1) is 0 Å². The summed E-state index contributed by atoms with van der Waals surface area (Å²) >= 11 is 0. The van der Waals surface area contributed by atoms with Gasteiger partial charge in [0.1, 0.15) is 5.69 Å². The summed E-state index contributed by atoms with van der Waals surface area (Å²) in [5.41, 5.74) is 1.26. The highest BCUT2D eigenvalue weighted by Gasteiger charge is 2.24. The van der Waals surface area contributed by atoms with E-state index in [9.17, 15) is 14.4 Å². The Balaban J connectivity index is 1.79. The molecule has 9 heteroatoms. The number of nitrogens with zero attached hydrogens (tertiary/aromatic N) is 4. The van der Waals surface area contributed by atoms with Crippen molar-refractivity contribution in [3.05, 3.63) is 64.3 Å². The van der Waals surface area contributed by atoms with Crippen LogP contribution >= 0.6 is 0 Å². The number of carbonyl (C=O) groups excluding carboxylic acids is 2. The van der Waals surface area contributed by atoms with Gasteiger partial charge in [0.2, 0.25) is 0 Å². The Kier molecular flexibility index (Phi) is 5.16. The van der Waals surface area contributed by atoms with Crippen molar-refractivity contribution in [3.63, 3.8) is 0 Å². The monoisotopic (exact) mass is 383 g/mol. The number of anilines is 1. The maximum Gasteiger partial charge on any atom is 0.342 e. The SMILES string of the molecule is Cc1c(NC(=O)C(C)OC(=O)c2cnn(C)c2)c(=O)n(-c2ccccc2)n1C. The maximum atomic E-state index is 12.8. The van der Waals surface area contributed by atoms with Crippen LogP contribution in [0, 0.1) is 6.92 Å². The van der Waals surface area contributed by atoms with Crippen molar-refractivity contribution in [2.75, 3.05) is 5.32 Å². The van der Waals surface area contributed by atoms with E-state index in [1.807, 2.05) is 18.2 Å². The zero-order valence-corrected chi connectivity index (χ0v) is 16.0. The molecule has 1 aromatic carbocycles. The first-order chi connectivity index (χ1) is 13.3. The second-order valence-corrected chi connectivity index (χ2v) is 6.38. The number of benzene rings is 1. The lowest BCUT2D eigenvalue weighted by molar-refractivity contribution is -0.123. The normalized spacial score (nSPS) is 11.9. The molecule has 1 amide bonds. The highest BCUT2D eigenvalue weighted by atomic mass is 16.5. The van der Waals surface area contributed by atoms with Crippen molar-refractivity contribution in [1.82, 2.24) is 19.1 Å². The van der Waals surface area contributed by atoms with Crippen molar-refractivity contribution >= 4 is 17.6 Å². The van der Waals surface area contributed by atoms with E-state index in [1.165, 1.54) is 28.7 Å². The van der Waals surface area contributed by atoms with Gasteiger partial charge in [-0.05, 0) is 26.0 Å². The second-order valence-electron chi connectivity index (χ2n) is 6.38. The molecule has 3 rings (SSSR count). The van der Waals surface area contributed by atoms with E-state index in [4.69, 9.17) is 4.74 Å². The molecule has 0 aliphatic carbocycles. The summed E-state index contributed by atoms with van der Waals surface area (Å²) < 4.78 is 9.73. The van der Waals surface area contributed by atoms with Crippen LogP contribution in [0.25, 0.3) is 5.69 Å². The quantitative estimate of drug-likeness (QED) is 0.672. The molecule has 0 saturated heterocycles. The first kappa shape index (κ1) is 19.2. The third kappa shape index (κ3) is 3.59. The van der Waals surface area contributed by atoms with Gasteiger partial charge in [-0.2, -0.15) is 5.10 Å². The van der Waals surface area contributed by atoms with Crippen LogP contribution in [0.1, 0.15) is 23.0 Å². The Hall–Kier alpha value is -3.62. The van der Waals surface area contributed by atoms with Crippen molar-refractivity contribution < 1.29 is 14.3 Å². The third-order valence-electron chi connectivity index (χ3n) is 4.40. The van der Waals surface area contributed by atoms with E-state index in [1.54, 1.807) is 37.8 Å². The summed E-state index contributed by atoms with van der Waals surface area (Å²) in [5, 5.41) is 6.47. The van der Waals surface area contributed by atoms with Crippen LogP contribution in [0.15, 0.2) is 47.5 Å². The van der Waals surface area contributed by atoms with E-state index < -0.39 is 18.0 Å². The largest absolute Gasteiger partial charge is 0.449 e. The average molecular weight is 383 g/mol. The number of aromatic nitrogens is 4. The molecule has 28 heavy (non-hydrogen) atoms. The molecule has 146 valence electrons. The number of carbonyl (C=O) groups is 2.